The van der Waals surface area contributed by atoms with Crippen molar-refractivity contribution in [2.24, 2.45) is 0 Å². The predicted octanol–water partition coefficient (Wildman–Crippen LogP) is 2.85. The van der Waals surface area contributed by atoms with Gasteiger partial charge in [0.2, 0.25) is 0 Å². The second kappa shape index (κ2) is 8.09. The van der Waals surface area contributed by atoms with E-state index in [4.69, 9.17) is 4.74 Å². The molecule has 0 spiro atoms. The quantitative estimate of drug-likeness (QED) is 0.887. The van der Waals surface area contributed by atoms with Crippen molar-refractivity contribution in [3.05, 3.63) is 65.5 Å². The van der Waals surface area contributed by atoms with E-state index < -0.39 is 0 Å². The summed E-state index contributed by atoms with van der Waals surface area (Å²) in [6, 6.07) is 15.1. The molecule has 3 nitrogen and oxygen atoms in total. The van der Waals surface area contributed by atoms with E-state index in [2.05, 4.69) is 10.2 Å². The zero-order valence-corrected chi connectivity index (χ0v) is 13.3. The van der Waals surface area contributed by atoms with Crippen LogP contribution >= 0.6 is 0 Å². The average molecular weight is 314 g/mol. The molecule has 0 radical (unpaired) electrons. The van der Waals surface area contributed by atoms with Crippen molar-refractivity contribution in [1.82, 2.24) is 10.2 Å². The van der Waals surface area contributed by atoms with Gasteiger partial charge in [0.25, 0.3) is 0 Å². The molecule has 1 saturated heterocycles. The Balaban J connectivity index is 1.52. The number of ether oxygens (including phenoxy) is 1. The van der Waals surface area contributed by atoms with Crippen molar-refractivity contribution >= 4 is 0 Å². The van der Waals surface area contributed by atoms with Gasteiger partial charge >= 0.3 is 0 Å². The summed E-state index contributed by atoms with van der Waals surface area (Å²) in [5.41, 5.74) is 2.06. The molecule has 0 bridgehead atoms. The largest absolute Gasteiger partial charge is 0.486 e. The Labute approximate surface area is 137 Å². The fraction of sp³-hybridized carbons (Fsp3) is 0.368. The molecule has 23 heavy (non-hydrogen) atoms. The van der Waals surface area contributed by atoms with Crippen LogP contribution in [0.1, 0.15) is 11.1 Å². The van der Waals surface area contributed by atoms with Crippen LogP contribution in [0.15, 0.2) is 48.5 Å². The third-order valence-corrected chi connectivity index (χ3v) is 4.16. The normalized spacial score (nSPS) is 15.5. The van der Waals surface area contributed by atoms with Gasteiger partial charge in [-0.1, -0.05) is 36.4 Å². The van der Waals surface area contributed by atoms with Crippen LogP contribution < -0.4 is 10.1 Å². The lowest BCUT2D eigenvalue weighted by Gasteiger charge is -2.27. The van der Waals surface area contributed by atoms with E-state index in [0.717, 1.165) is 50.3 Å². The second-order valence-corrected chi connectivity index (χ2v) is 5.88. The van der Waals surface area contributed by atoms with E-state index in [1.165, 1.54) is 0 Å². The van der Waals surface area contributed by atoms with Gasteiger partial charge in [-0.2, -0.15) is 0 Å². The summed E-state index contributed by atoms with van der Waals surface area (Å²) in [6.07, 6.45) is 0.871. The van der Waals surface area contributed by atoms with Crippen molar-refractivity contribution in [3.8, 4) is 5.75 Å². The van der Waals surface area contributed by atoms with E-state index >= 15 is 0 Å². The van der Waals surface area contributed by atoms with Gasteiger partial charge in [-0.05, 0) is 29.7 Å². The number of halogens is 1. The molecule has 1 aliphatic heterocycles. The second-order valence-electron chi connectivity index (χ2n) is 5.88. The molecule has 122 valence electrons. The topological polar surface area (TPSA) is 24.5 Å². The SMILES string of the molecule is Fc1cc(CCN2CCNCC2)ccc1OCc1ccccc1. The lowest BCUT2D eigenvalue weighted by molar-refractivity contribution is 0.243. The van der Waals surface area contributed by atoms with Gasteiger partial charge in [0.05, 0.1) is 0 Å². The molecule has 0 aliphatic carbocycles. The van der Waals surface area contributed by atoms with Crippen LogP contribution in [0.5, 0.6) is 5.75 Å². The highest BCUT2D eigenvalue weighted by Gasteiger charge is 2.10. The number of hydrogen-bond acceptors (Lipinski definition) is 3. The Morgan fingerprint density at radius 3 is 2.52 bits per heavy atom. The maximum Gasteiger partial charge on any atom is 0.165 e. The molecule has 0 saturated carbocycles. The Hall–Kier alpha value is -1.91. The zero-order valence-electron chi connectivity index (χ0n) is 13.3. The van der Waals surface area contributed by atoms with E-state index in [0.29, 0.717) is 12.4 Å². The molecular weight excluding hydrogens is 291 g/mol. The molecule has 2 aromatic rings. The van der Waals surface area contributed by atoms with Crippen molar-refractivity contribution in [2.45, 2.75) is 13.0 Å². The Morgan fingerprint density at radius 2 is 1.78 bits per heavy atom. The first kappa shape index (κ1) is 16.0. The maximum absolute atomic E-state index is 14.2. The van der Waals surface area contributed by atoms with Crippen molar-refractivity contribution in [1.29, 1.82) is 0 Å². The zero-order chi connectivity index (χ0) is 15.9. The molecule has 0 amide bonds. The van der Waals surface area contributed by atoms with Gasteiger partial charge in [-0.3, -0.25) is 0 Å². The van der Waals surface area contributed by atoms with Crippen LogP contribution in [0.25, 0.3) is 0 Å². The Morgan fingerprint density at radius 1 is 1.00 bits per heavy atom. The number of nitrogens with one attached hydrogen (secondary N) is 1. The van der Waals surface area contributed by atoms with Crippen LogP contribution in [0, 0.1) is 5.82 Å². The molecule has 0 aromatic heterocycles. The first-order valence-corrected chi connectivity index (χ1v) is 8.19. The first-order valence-electron chi connectivity index (χ1n) is 8.19. The predicted molar refractivity (Wildman–Crippen MR) is 90.2 cm³/mol. The molecular formula is C19H23FN2O. The molecule has 1 fully saturated rings. The Kier molecular flexibility index (Phi) is 5.61. The van der Waals surface area contributed by atoms with E-state index in [1.54, 1.807) is 12.1 Å². The van der Waals surface area contributed by atoms with Crippen LogP contribution in [0.2, 0.25) is 0 Å². The fourth-order valence-corrected chi connectivity index (χ4v) is 2.77. The minimum absolute atomic E-state index is 0.279. The van der Waals surface area contributed by atoms with Crippen molar-refractivity contribution < 1.29 is 9.13 Å². The van der Waals surface area contributed by atoms with E-state index in [9.17, 15) is 4.39 Å². The highest BCUT2D eigenvalue weighted by molar-refractivity contribution is 5.30. The summed E-state index contributed by atoms with van der Waals surface area (Å²) in [5.74, 6) is 0.0403. The van der Waals surface area contributed by atoms with Gasteiger partial charge in [0.1, 0.15) is 6.61 Å². The van der Waals surface area contributed by atoms with Crippen LogP contribution in [0.4, 0.5) is 4.39 Å². The number of piperazine rings is 1. The van der Waals surface area contributed by atoms with Crippen molar-refractivity contribution in [2.75, 3.05) is 32.7 Å². The highest BCUT2D eigenvalue weighted by atomic mass is 19.1. The third kappa shape index (κ3) is 4.78. The third-order valence-electron chi connectivity index (χ3n) is 4.16. The summed E-state index contributed by atoms with van der Waals surface area (Å²) >= 11 is 0. The van der Waals surface area contributed by atoms with Crippen LogP contribution in [0.3, 0.4) is 0 Å². The molecule has 1 heterocycles. The number of nitrogens with zero attached hydrogens (tertiary/aromatic N) is 1. The maximum atomic E-state index is 14.2. The lowest BCUT2D eigenvalue weighted by Crippen LogP contribution is -2.44. The number of rotatable bonds is 6. The smallest absolute Gasteiger partial charge is 0.165 e. The van der Waals surface area contributed by atoms with E-state index in [1.807, 2.05) is 36.4 Å². The molecule has 4 heteroatoms. The minimum Gasteiger partial charge on any atom is -0.486 e. The van der Waals surface area contributed by atoms with Crippen LogP contribution in [-0.2, 0) is 13.0 Å². The number of benzene rings is 2. The summed E-state index contributed by atoms with van der Waals surface area (Å²) in [6.45, 7) is 5.59. The average Bonchev–Trinajstić information content (AvgIpc) is 2.61. The van der Waals surface area contributed by atoms with Crippen LogP contribution in [-0.4, -0.2) is 37.6 Å². The Bertz CT molecular complexity index is 612. The summed E-state index contributed by atoms with van der Waals surface area (Å²) in [4.78, 5) is 2.41. The van der Waals surface area contributed by atoms with E-state index in [-0.39, 0.29) is 5.82 Å². The summed E-state index contributed by atoms with van der Waals surface area (Å²) in [5, 5.41) is 3.34. The van der Waals surface area contributed by atoms with Gasteiger partial charge < -0.3 is 15.0 Å². The fourth-order valence-electron chi connectivity index (χ4n) is 2.77. The summed E-state index contributed by atoms with van der Waals surface area (Å²) < 4.78 is 19.7. The molecule has 3 rings (SSSR count). The van der Waals surface area contributed by atoms with Crippen molar-refractivity contribution in [3.63, 3.8) is 0 Å². The van der Waals surface area contributed by atoms with Gasteiger partial charge in [-0.25, -0.2) is 4.39 Å². The monoisotopic (exact) mass is 314 g/mol. The van der Waals surface area contributed by atoms with Gasteiger partial charge in [-0.15, -0.1) is 0 Å². The molecule has 1 N–H and O–H groups in total. The molecule has 1 aliphatic rings. The summed E-state index contributed by atoms with van der Waals surface area (Å²) in [7, 11) is 0. The van der Waals surface area contributed by atoms with Gasteiger partial charge in [0.15, 0.2) is 11.6 Å². The number of hydrogen-bond donors (Lipinski definition) is 1. The highest BCUT2D eigenvalue weighted by Crippen LogP contribution is 2.20. The molecule has 2 aromatic carbocycles. The minimum atomic E-state index is -0.279. The lowest BCUT2D eigenvalue weighted by atomic mass is 10.1. The standard InChI is InChI=1S/C19H23FN2O/c20-18-14-16(8-11-22-12-9-21-10-13-22)6-7-19(18)23-15-17-4-2-1-3-5-17/h1-7,14,21H,8-13,15H2. The first-order chi connectivity index (χ1) is 11.3. The molecule has 0 atom stereocenters. The molecule has 0 unspecified atom stereocenters. The van der Waals surface area contributed by atoms with Gasteiger partial charge in [0, 0.05) is 32.7 Å².